The predicted octanol–water partition coefficient (Wildman–Crippen LogP) is 3.27. The van der Waals surface area contributed by atoms with Gasteiger partial charge in [-0.1, -0.05) is 0 Å². The summed E-state index contributed by atoms with van der Waals surface area (Å²) in [7, 11) is 0. The van der Waals surface area contributed by atoms with Crippen molar-refractivity contribution in [1.82, 2.24) is 19.6 Å². The van der Waals surface area contributed by atoms with Crippen LogP contribution in [0.1, 0.15) is 81.0 Å². The Hall–Kier alpha value is -4.48. The molecule has 2 saturated heterocycles. The van der Waals surface area contributed by atoms with E-state index < -0.39 is 47.9 Å². The average molecular weight is 577 g/mol. The van der Waals surface area contributed by atoms with Crippen molar-refractivity contribution in [2.75, 3.05) is 39.4 Å². The third-order valence-electron chi connectivity index (χ3n) is 8.67. The van der Waals surface area contributed by atoms with Gasteiger partial charge in [0.05, 0.1) is 13.2 Å². The van der Waals surface area contributed by atoms with Crippen LogP contribution >= 0.6 is 0 Å². The normalized spacial score (nSPS) is 19.6. The second-order valence-electron chi connectivity index (χ2n) is 10.9. The highest BCUT2D eigenvalue weighted by Gasteiger charge is 2.44. The summed E-state index contributed by atoms with van der Waals surface area (Å²) in [6, 6.07) is 5.47. The van der Waals surface area contributed by atoms with E-state index in [1.165, 1.54) is 9.80 Å². The van der Waals surface area contributed by atoms with E-state index in [1.807, 2.05) is 0 Å². The average Bonchev–Trinajstić information content (AvgIpc) is 3.00. The van der Waals surface area contributed by atoms with Crippen molar-refractivity contribution >= 4 is 46.6 Å². The Morgan fingerprint density at radius 2 is 0.881 bits per heavy atom. The fourth-order valence-electron chi connectivity index (χ4n) is 6.62. The second-order valence-corrected chi connectivity index (χ2v) is 10.9. The summed E-state index contributed by atoms with van der Waals surface area (Å²) in [6.07, 6.45) is 0.865. The number of piperidine rings is 2. The van der Waals surface area contributed by atoms with Gasteiger partial charge in [0.2, 0.25) is 0 Å². The first-order chi connectivity index (χ1) is 20.3. The van der Waals surface area contributed by atoms with Crippen LogP contribution in [-0.2, 0) is 9.47 Å². The summed E-state index contributed by atoms with van der Waals surface area (Å²) in [4.78, 5) is 84.9. The van der Waals surface area contributed by atoms with E-state index in [4.69, 9.17) is 9.47 Å². The van der Waals surface area contributed by atoms with E-state index in [0.717, 1.165) is 0 Å². The number of ether oxygens (including phenoxy) is 2. The molecule has 2 aromatic carbocycles. The molecule has 0 aromatic heterocycles. The molecule has 0 atom stereocenters. The highest BCUT2D eigenvalue weighted by Crippen LogP contribution is 2.40. The monoisotopic (exact) mass is 576 g/mol. The van der Waals surface area contributed by atoms with Gasteiger partial charge in [0.15, 0.2) is 0 Å². The summed E-state index contributed by atoms with van der Waals surface area (Å²) in [5, 5.41) is 0.664. The molecule has 0 unspecified atom stereocenters. The Balaban J connectivity index is 1.27. The summed E-state index contributed by atoms with van der Waals surface area (Å²) < 4.78 is 10.1. The van der Waals surface area contributed by atoms with Crippen molar-refractivity contribution < 1.29 is 38.2 Å². The lowest BCUT2D eigenvalue weighted by molar-refractivity contribution is 0.0418. The fraction of sp³-hybridized carbons (Fsp3) is 0.467. The van der Waals surface area contributed by atoms with E-state index in [0.29, 0.717) is 62.6 Å². The Bertz CT molecular complexity index is 1340. The highest BCUT2D eigenvalue weighted by atomic mass is 16.6. The molecule has 6 rings (SSSR count). The molecule has 4 aliphatic rings. The number of carbonyl (C=O) groups is 6. The van der Waals surface area contributed by atoms with Crippen LogP contribution < -0.4 is 0 Å². The molecule has 0 aliphatic carbocycles. The third kappa shape index (κ3) is 4.27. The number of benzene rings is 2. The van der Waals surface area contributed by atoms with E-state index in [9.17, 15) is 28.8 Å². The van der Waals surface area contributed by atoms with Crippen molar-refractivity contribution in [2.24, 2.45) is 0 Å². The van der Waals surface area contributed by atoms with Gasteiger partial charge in [-0.05, 0) is 63.8 Å². The molecule has 2 fully saturated rings. The molecule has 4 heterocycles. The molecule has 42 heavy (non-hydrogen) atoms. The molecular formula is C30H32N4O8. The van der Waals surface area contributed by atoms with Crippen molar-refractivity contribution in [2.45, 2.75) is 51.6 Å². The number of likely N-dealkylation sites (tertiary alicyclic amines) is 2. The third-order valence-corrected chi connectivity index (χ3v) is 8.67. The minimum atomic E-state index is -0.473. The fourth-order valence-corrected chi connectivity index (χ4v) is 6.62. The van der Waals surface area contributed by atoms with Gasteiger partial charge < -0.3 is 19.3 Å². The lowest BCUT2D eigenvalue weighted by atomic mass is 9.84. The van der Waals surface area contributed by atoms with Crippen molar-refractivity contribution in [3.8, 4) is 0 Å². The molecule has 0 radical (unpaired) electrons. The molecule has 220 valence electrons. The van der Waals surface area contributed by atoms with Gasteiger partial charge in [-0.3, -0.25) is 29.0 Å². The minimum absolute atomic E-state index is 0.268. The predicted molar refractivity (Wildman–Crippen MR) is 148 cm³/mol. The first-order valence-electron chi connectivity index (χ1n) is 14.5. The Morgan fingerprint density at radius 3 is 1.14 bits per heavy atom. The van der Waals surface area contributed by atoms with Crippen molar-refractivity contribution in [3.05, 3.63) is 46.5 Å². The Kier molecular flexibility index (Phi) is 7.07. The van der Waals surface area contributed by atoms with E-state index >= 15 is 0 Å². The highest BCUT2D eigenvalue weighted by molar-refractivity contribution is 6.33. The standard InChI is InChI=1S/C30H32N4O8/c1-3-41-29(39)31-13-9-17(10-14-31)33-25(35)19-5-7-21-24-22(8-6-20(23(19)24)26(33)36)28(38)34(27(21)37)18-11-15-32(16-12-18)30(40)42-4-2/h5-8,17-18H,3-4,9-16H2,1-2H3. The number of imide groups is 2. The van der Waals surface area contributed by atoms with Gasteiger partial charge >= 0.3 is 12.2 Å². The molecule has 6 amide bonds. The Labute approximate surface area is 242 Å². The SMILES string of the molecule is CCOC(=O)N1CCC(N2C(=O)c3ccc4c5c(ccc(c35)C2=O)C(=O)N(C2CCN(C(=O)OCC)CC2)C4=O)CC1. The van der Waals surface area contributed by atoms with Crippen LogP contribution in [-0.4, -0.2) is 107 Å². The van der Waals surface area contributed by atoms with Gasteiger partial charge in [-0.15, -0.1) is 0 Å². The van der Waals surface area contributed by atoms with Crippen LogP contribution in [0.3, 0.4) is 0 Å². The maximum Gasteiger partial charge on any atom is 0.409 e. The molecule has 4 aliphatic heterocycles. The number of carbonyl (C=O) groups excluding carboxylic acids is 6. The Morgan fingerprint density at radius 1 is 0.595 bits per heavy atom. The number of hydrogen-bond donors (Lipinski definition) is 0. The lowest BCUT2D eigenvalue weighted by Crippen LogP contribution is -2.53. The molecule has 12 nitrogen and oxygen atoms in total. The molecule has 2 aromatic rings. The van der Waals surface area contributed by atoms with Gasteiger partial charge in [0.1, 0.15) is 0 Å². The van der Waals surface area contributed by atoms with Crippen molar-refractivity contribution in [1.29, 1.82) is 0 Å². The van der Waals surface area contributed by atoms with Crippen LogP contribution in [0, 0.1) is 0 Å². The molecule has 0 spiro atoms. The largest absolute Gasteiger partial charge is 0.450 e. The minimum Gasteiger partial charge on any atom is -0.450 e. The van der Waals surface area contributed by atoms with E-state index in [2.05, 4.69) is 0 Å². The van der Waals surface area contributed by atoms with Gasteiger partial charge in [0.25, 0.3) is 23.6 Å². The van der Waals surface area contributed by atoms with Crippen molar-refractivity contribution in [3.63, 3.8) is 0 Å². The molecule has 0 saturated carbocycles. The topological polar surface area (TPSA) is 134 Å². The molecule has 12 heteroatoms. The van der Waals surface area contributed by atoms with Crippen LogP contribution in [0.15, 0.2) is 24.3 Å². The van der Waals surface area contributed by atoms with Crippen LogP contribution in [0.2, 0.25) is 0 Å². The number of rotatable bonds is 4. The molecular weight excluding hydrogens is 544 g/mol. The smallest absolute Gasteiger partial charge is 0.409 e. The first-order valence-corrected chi connectivity index (χ1v) is 14.5. The molecule has 0 N–H and O–H groups in total. The van der Waals surface area contributed by atoms with Gasteiger partial charge in [-0.25, -0.2) is 9.59 Å². The van der Waals surface area contributed by atoms with Crippen LogP contribution in [0.25, 0.3) is 10.8 Å². The zero-order chi connectivity index (χ0) is 29.7. The van der Waals surface area contributed by atoms with Gasteiger partial charge in [0, 0.05) is 71.3 Å². The quantitative estimate of drug-likeness (QED) is 0.507. The summed E-state index contributed by atoms with van der Waals surface area (Å²) in [5.41, 5.74) is 1.09. The summed E-state index contributed by atoms with van der Waals surface area (Å²) in [6.45, 7) is 5.44. The number of amides is 6. The van der Waals surface area contributed by atoms with Crippen LogP contribution in [0.4, 0.5) is 9.59 Å². The van der Waals surface area contributed by atoms with E-state index in [1.54, 1.807) is 47.9 Å². The van der Waals surface area contributed by atoms with Crippen LogP contribution in [0.5, 0.6) is 0 Å². The lowest BCUT2D eigenvalue weighted by Gasteiger charge is -2.40. The molecule has 0 bridgehead atoms. The maximum atomic E-state index is 13.7. The zero-order valence-corrected chi connectivity index (χ0v) is 23.6. The number of hydrogen-bond acceptors (Lipinski definition) is 8. The summed E-state index contributed by atoms with van der Waals surface area (Å²) >= 11 is 0. The van der Waals surface area contributed by atoms with E-state index in [-0.39, 0.29) is 35.5 Å². The first kappa shape index (κ1) is 27.7. The number of nitrogens with zero attached hydrogens (tertiary/aromatic N) is 4. The maximum absolute atomic E-state index is 13.7. The summed E-state index contributed by atoms with van der Waals surface area (Å²) in [5.74, 6) is -1.89. The van der Waals surface area contributed by atoms with Gasteiger partial charge in [-0.2, -0.15) is 0 Å². The second kappa shape index (κ2) is 10.7. The zero-order valence-electron chi connectivity index (χ0n) is 23.6.